The Bertz CT molecular complexity index is 678. The first-order chi connectivity index (χ1) is 12.7. The Morgan fingerprint density at radius 3 is 2.41 bits per heavy atom. The second-order valence-electron chi connectivity index (χ2n) is 5.21. The molecule has 0 aliphatic rings. The van der Waals surface area contributed by atoms with Crippen molar-refractivity contribution in [3.63, 3.8) is 0 Å². The van der Waals surface area contributed by atoms with Gasteiger partial charge in [0.25, 0.3) is 0 Å². The molecule has 0 amide bonds. The Morgan fingerprint density at radius 2 is 1.85 bits per heavy atom. The highest BCUT2D eigenvalue weighted by Crippen LogP contribution is 2.33. The van der Waals surface area contributed by atoms with Crippen LogP contribution >= 0.6 is 11.8 Å². The van der Waals surface area contributed by atoms with Crippen molar-refractivity contribution in [2.45, 2.75) is 46.0 Å². The molecule has 0 aromatic carbocycles. The number of nitrogens with one attached hydrogen (secondary N) is 1. The molecule has 0 fully saturated rings. The van der Waals surface area contributed by atoms with Crippen LogP contribution in [0.2, 0.25) is 0 Å². The fourth-order valence-corrected chi connectivity index (χ4v) is 2.59. The summed E-state index contributed by atoms with van der Waals surface area (Å²) >= 11 is 1.72. The number of allylic oxidation sites excluding steroid dienone is 3. The molecule has 0 unspecified atom stereocenters. The molecular weight excluding hydrogens is 373 g/mol. The maximum Gasteiger partial charge on any atom is 0.417 e. The molecule has 1 heterocycles. The van der Waals surface area contributed by atoms with E-state index < -0.39 is 11.7 Å². The van der Waals surface area contributed by atoms with Gasteiger partial charge in [-0.05, 0) is 25.1 Å². The lowest BCUT2D eigenvalue weighted by molar-refractivity contribution is -0.137. The lowest BCUT2D eigenvalue weighted by Crippen LogP contribution is -2.06. The fraction of sp³-hybridized carbons (Fsp3) is 0.421. The predicted octanol–water partition coefficient (Wildman–Crippen LogP) is 6.50. The third-order valence-electron chi connectivity index (χ3n) is 2.69. The normalized spacial score (nSPS) is 12.9. The summed E-state index contributed by atoms with van der Waals surface area (Å²) in [6, 6.07) is 0.951. The van der Waals surface area contributed by atoms with Crippen molar-refractivity contribution >= 4 is 35.7 Å². The standard InChI is InChI=1S/C17H21F3N4S.C2H6/c1-12(2)25-13(3)10-22-7-5-6-8-23-15-9-14(17(18,19)20)11-24-16(15)21-4;1-2/h5-12H,1-4H3,(H,21,24);1-2H3/b6-5+,13-10+,22-7+,23-8?;. The number of alkyl halides is 3. The van der Waals surface area contributed by atoms with Crippen LogP contribution in [-0.2, 0) is 6.18 Å². The number of aliphatic imine (C=N–C) groups is 2. The summed E-state index contributed by atoms with van der Waals surface area (Å²) in [7, 11) is 1.57. The van der Waals surface area contributed by atoms with E-state index in [-0.39, 0.29) is 11.5 Å². The van der Waals surface area contributed by atoms with E-state index in [9.17, 15) is 13.2 Å². The highest BCUT2D eigenvalue weighted by Gasteiger charge is 2.31. The molecule has 8 heteroatoms. The van der Waals surface area contributed by atoms with Crippen molar-refractivity contribution in [3.05, 3.63) is 41.1 Å². The van der Waals surface area contributed by atoms with Gasteiger partial charge in [-0.3, -0.25) is 9.98 Å². The summed E-state index contributed by atoms with van der Waals surface area (Å²) in [6.07, 6.45) is 4.28. The third kappa shape index (κ3) is 10.6. The summed E-state index contributed by atoms with van der Waals surface area (Å²) in [5, 5.41) is 3.21. The van der Waals surface area contributed by atoms with Crippen LogP contribution in [-0.4, -0.2) is 29.7 Å². The Morgan fingerprint density at radius 1 is 1.22 bits per heavy atom. The molecule has 0 saturated carbocycles. The maximum atomic E-state index is 12.7. The topological polar surface area (TPSA) is 49.6 Å². The van der Waals surface area contributed by atoms with Gasteiger partial charge < -0.3 is 5.32 Å². The third-order valence-corrected chi connectivity index (χ3v) is 3.64. The van der Waals surface area contributed by atoms with E-state index in [0.717, 1.165) is 17.2 Å². The Balaban J connectivity index is 0.00000326. The molecule has 0 spiro atoms. The number of nitrogens with zero attached hydrogens (tertiary/aromatic N) is 3. The number of rotatable bonds is 7. The van der Waals surface area contributed by atoms with Crippen molar-refractivity contribution in [3.8, 4) is 0 Å². The van der Waals surface area contributed by atoms with Gasteiger partial charge >= 0.3 is 6.18 Å². The van der Waals surface area contributed by atoms with Crippen molar-refractivity contribution in [2.24, 2.45) is 9.98 Å². The summed E-state index contributed by atoms with van der Waals surface area (Å²) < 4.78 is 38.2. The molecule has 1 rings (SSSR count). The number of hydrogen-bond donors (Lipinski definition) is 1. The van der Waals surface area contributed by atoms with Gasteiger partial charge in [-0.15, -0.1) is 11.8 Å². The van der Waals surface area contributed by atoms with E-state index in [4.69, 9.17) is 0 Å². The Labute approximate surface area is 163 Å². The molecule has 0 bridgehead atoms. The maximum absolute atomic E-state index is 12.7. The van der Waals surface area contributed by atoms with Crippen LogP contribution in [0.5, 0.6) is 0 Å². The van der Waals surface area contributed by atoms with Gasteiger partial charge in [-0.2, -0.15) is 13.2 Å². The van der Waals surface area contributed by atoms with Crippen LogP contribution in [0.1, 0.15) is 40.2 Å². The highest BCUT2D eigenvalue weighted by molar-refractivity contribution is 8.03. The zero-order valence-corrected chi connectivity index (χ0v) is 17.3. The number of anilines is 1. The average molecular weight is 401 g/mol. The van der Waals surface area contributed by atoms with Crippen molar-refractivity contribution in [1.29, 1.82) is 0 Å². The second-order valence-corrected chi connectivity index (χ2v) is 7.03. The zero-order chi connectivity index (χ0) is 20.9. The van der Waals surface area contributed by atoms with Crippen LogP contribution < -0.4 is 5.32 Å². The minimum absolute atomic E-state index is 0.114. The average Bonchev–Trinajstić information content (AvgIpc) is 2.61. The molecule has 1 aromatic heterocycles. The largest absolute Gasteiger partial charge is 0.417 e. The lowest BCUT2D eigenvalue weighted by Gasteiger charge is -2.09. The minimum atomic E-state index is -4.45. The summed E-state index contributed by atoms with van der Waals surface area (Å²) in [4.78, 5) is 13.0. The molecule has 1 N–H and O–H groups in total. The molecule has 27 heavy (non-hydrogen) atoms. The smallest absolute Gasteiger partial charge is 0.371 e. The van der Waals surface area contributed by atoms with Crippen molar-refractivity contribution in [2.75, 3.05) is 12.4 Å². The van der Waals surface area contributed by atoms with Gasteiger partial charge in [-0.25, -0.2) is 4.98 Å². The fourth-order valence-electron chi connectivity index (χ4n) is 1.72. The van der Waals surface area contributed by atoms with Gasteiger partial charge in [0.2, 0.25) is 0 Å². The number of thioether (sulfide) groups is 1. The van der Waals surface area contributed by atoms with Crippen LogP contribution in [0, 0.1) is 0 Å². The van der Waals surface area contributed by atoms with Gasteiger partial charge in [-0.1, -0.05) is 27.7 Å². The van der Waals surface area contributed by atoms with E-state index in [0.29, 0.717) is 5.25 Å². The van der Waals surface area contributed by atoms with E-state index in [2.05, 4.69) is 34.1 Å². The zero-order valence-electron chi connectivity index (χ0n) is 16.5. The van der Waals surface area contributed by atoms with Gasteiger partial charge in [0.05, 0.1) is 5.56 Å². The van der Waals surface area contributed by atoms with Crippen LogP contribution in [0.3, 0.4) is 0 Å². The summed E-state index contributed by atoms with van der Waals surface area (Å²) in [5.74, 6) is 0.274. The first-order valence-electron chi connectivity index (χ1n) is 8.55. The van der Waals surface area contributed by atoms with Crippen LogP contribution in [0.4, 0.5) is 24.7 Å². The molecule has 4 nitrogen and oxygen atoms in total. The van der Waals surface area contributed by atoms with Crippen molar-refractivity contribution in [1.82, 2.24) is 4.98 Å². The Kier molecular flexibility index (Phi) is 12.1. The van der Waals surface area contributed by atoms with E-state index >= 15 is 0 Å². The molecule has 0 radical (unpaired) electrons. The van der Waals surface area contributed by atoms with Crippen molar-refractivity contribution < 1.29 is 13.2 Å². The molecule has 0 aliphatic carbocycles. The summed E-state index contributed by atoms with van der Waals surface area (Å²) in [6.45, 7) is 10.2. The van der Waals surface area contributed by atoms with E-state index in [1.54, 1.807) is 43.4 Å². The molecular formula is C19H27F3N4S. The minimum Gasteiger partial charge on any atom is -0.371 e. The van der Waals surface area contributed by atoms with Gasteiger partial charge in [0, 0.05) is 42.0 Å². The molecule has 150 valence electrons. The quantitative estimate of drug-likeness (QED) is 0.531. The monoisotopic (exact) mass is 400 g/mol. The number of hydrogen-bond acceptors (Lipinski definition) is 5. The molecule has 0 aliphatic heterocycles. The van der Waals surface area contributed by atoms with E-state index in [1.165, 1.54) is 6.21 Å². The van der Waals surface area contributed by atoms with E-state index in [1.807, 2.05) is 20.8 Å². The highest BCUT2D eigenvalue weighted by atomic mass is 32.2. The van der Waals surface area contributed by atoms with Gasteiger partial charge in [0.15, 0.2) is 5.82 Å². The second kappa shape index (κ2) is 13.1. The summed E-state index contributed by atoms with van der Waals surface area (Å²) in [5.41, 5.74) is -0.726. The first-order valence-corrected chi connectivity index (χ1v) is 9.43. The number of halogens is 3. The first kappa shape index (κ1) is 24.9. The molecule has 1 aromatic rings. The SMILES string of the molecule is CC.CNc1ncc(C(F)(F)F)cc1N=C/C=C/C=N/C=C(\C)SC(C)C. The van der Waals surface area contributed by atoms with Crippen LogP contribution in [0.15, 0.2) is 45.5 Å². The molecule has 0 saturated heterocycles. The number of aromatic nitrogens is 1. The Hall–Kier alpha value is -2.09. The number of pyridine rings is 1. The van der Waals surface area contributed by atoms with Gasteiger partial charge in [0.1, 0.15) is 5.69 Å². The van der Waals surface area contributed by atoms with Crippen LogP contribution in [0.25, 0.3) is 0 Å². The molecule has 0 atom stereocenters. The lowest BCUT2D eigenvalue weighted by atomic mass is 10.2. The predicted molar refractivity (Wildman–Crippen MR) is 112 cm³/mol.